The van der Waals surface area contributed by atoms with E-state index in [2.05, 4.69) is 46.2 Å². The van der Waals surface area contributed by atoms with Crippen molar-refractivity contribution in [1.82, 2.24) is 15.0 Å². The number of phenols is 1. The van der Waals surface area contributed by atoms with Crippen LogP contribution in [0.1, 0.15) is 44.1 Å². The van der Waals surface area contributed by atoms with Crippen molar-refractivity contribution >= 4 is 45.7 Å². The third-order valence-corrected chi connectivity index (χ3v) is 6.00. The number of nitrogens with one attached hydrogen (secondary N) is 1. The summed E-state index contributed by atoms with van der Waals surface area (Å²) in [6.45, 7) is 3.62. The van der Waals surface area contributed by atoms with Gasteiger partial charge >= 0.3 is 5.69 Å². The van der Waals surface area contributed by atoms with Crippen molar-refractivity contribution in [2.24, 2.45) is 5.10 Å². The number of hydrazone groups is 1. The van der Waals surface area contributed by atoms with Crippen molar-refractivity contribution in [3.05, 3.63) is 32.3 Å². The van der Waals surface area contributed by atoms with Gasteiger partial charge in [-0.15, -0.1) is 0 Å². The smallest absolute Gasteiger partial charge is 0.312 e. The van der Waals surface area contributed by atoms with Crippen LogP contribution in [0, 0.1) is 10.1 Å². The van der Waals surface area contributed by atoms with E-state index < -0.39 is 16.4 Å². The summed E-state index contributed by atoms with van der Waals surface area (Å²) in [5, 5.41) is 25.4. The van der Waals surface area contributed by atoms with Crippen LogP contribution in [-0.2, 0) is 0 Å². The van der Waals surface area contributed by atoms with Crippen LogP contribution in [0.4, 0.5) is 23.5 Å². The van der Waals surface area contributed by atoms with E-state index in [1.54, 1.807) is 6.07 Å². The van der Waals surface area contributed by atoms with Gasteiger partial charge in [-0.3, -0.25) is 10.1 Å². The minimum absolute atomic E-state index is 0.195. The summed E-state index contributed by atoms with van der Waals surface area (Å²) in [6, 6.07) is 2.78. The van der Waals surface area contributed by atoms with E-state index in [0.717, 1.165) is 51.9 Å². The zero-order valence-corrected chi connectivity index (χ0v) is 19.2. The second-order valence-electron chi connectivity index (χ2n) is 7.84. The zero-order valence-electron chi connectivity index (χ0n) is 17.6. The molecule has 2 N–H and O–H groups in total. The molecule has 2 fully saturated rings. The van der Waals surface area contributed by atoms with Gasteiger partial charge in [0, 0.05) is 42.3 Å². The predicted octanol–water partition coefficient (Wildman–Crippen LogP) is 3.67. The highest BCUT2D eigenvalue weighted by Crippen LogP contribution is 2.32. The Hall–Kier alpha value is -3.02. The lowest BCUT2D eigenvalue weighted by atomic mass is 10.1. The molecule has 12 heteroatoms. The lowest BCUT2D eigenvalue weighted by Gasteiger charge is -2.30. The van der Waals surface area contributed by atoms with E-state index in [1.807, 2.05) is 0 Å². The van der Waals surface area contributed by atoms with Gasteiger partial charge in [-0.05, 0) is 44.6 Å². The standard InChI is InChI=1S/C20H25BrN8O3/c21-15-11-14(17(30)16(12-15)29(31)32)13-22-26-18-23-19(27-7-3-1-4-8-27)25-20(24-18)28-9-5-2-6-10-28/h11-13,30H,1-10H2,(H,23,24,25,26)/b22-13-. The molecule has 0 radical (unpaired) electrons. The summed E-state index contributed by atoms with van der Waals surface area (Å²) in [7, 11) is 0. The number of rotatable bonds is 6. The highest BCUT2D eigenvalue weighted by atomic mass is 79.9. The van der Waals surface area contributed by atoms with Gasteiger partial charge in [0.1, 0.15) is 0 Å². The molecule has 1 aromatic heterocycles. The number of halogens is 1. The Balaban J connectivity index is 1.59. The fourth-order valence-corrected chi connectivity index (χ4v) is 4.34. The molecule has 4 rings (SSSR count). The molecular weight excluding hydrogens is 480 g/mol. The number of anilines is 3. The fourth-order valence-electron chi connectivity index (χ4n) is 3.88. The Labute approximate surface area is 193 Å². The predicted molar refractivity (Wildman–Crippen MR) is 126 cm³/mol. The second kappa shape index (κ2) is 10.1. The molecule has 2 aliphatic heterocycles. The highest BCUT2D eigenvalue weighted by Gasteiger charge is 2.21. The molecule has 0 amide bonds. The fraction of sp³-hybridized carbons (Fsp3) is 0.500. The minimum Gasteiger partial charge on any atom is -0.502 e. The minimum atomic E-state index is -0.646. The molecule has 11 nitrogen and oxygen atoms in total. The average Bonchev–Trinajstić information content (AvgIpc) is 2.82. The van der Waals surface area contributed by atoms with E-state index in [0.29, 0.717) is 22.3 Å². The van der Waals surface area contributed by atoms with Gasteiger partial charge in [0.15, 0.2) is 0 Å². The normalized spacial score (nSPS) is 17.0. The van der Waals surface area contributed by atoms with E-state index >= 15 is 0 Å². The zero-order chi connectivity index (χ0) is 22.5. The van der Waals surface area contributed by atoms with Crippen LogP contribution in [0.15, 0.2) is 21.7 Å². The summed E-state index contributed by atoms with van der Waals surface area (Å²) in [5.74, 6) is 1.08. The van der Waals surface area contributed by atoms with Gasteiger partial charge in [0.2, 0.25) is 23.6 Å². The Bertz CT molecular complexity index is 970. The summed E-state index contributed by atoms with van der Waals surface area (Å²) in [5.41, 5.74) is 2.60. The molecule has 2 saturated heterocycles. The Morgan fingerprint density at radius 2 is 1.56 bits per heavy atom. The first-order chi connectivity index (χ1) is 15.5. The number of hydrogen-bond acceptors (Lipinski definition) is 10. The van der Waals surface area contributed by atoms with Gasteiger partial charge in [0.05, 0.1) is 11.1 Å². The lowest BCUT2D eigenvalue weighted by molar-refractivity contribution is -0.385. The van der Waals surface area contributed by atoms with Crippen molar-refractivity contribution in [1.29, 1.82) is 0 Å². The van der Waals surface area contributed by atoms with Crippen molar-refractivity contribution in [3.63, 3.8) is 0 Å². The number of nitrogens with zero attached hydrogens (tertiary/aromatic N) is 7. The molecule has 170 valence electrons. The molecule has 3 heterocycles. The first-order valence-corrected chi connectivity index (χ1v) is 11.5. The van der Waals surface area contributed by atoms with Crippen molar-refractivity contribution in [3.8, 4) is 5.75 Å². The Kier molecular flexibility index (Phi) is 6.98. The van der Waals surface area contributed by atoms with Crippen molar-refractivity contribution in [2.45, 2.75) is 38.5 Å². The summed E-state index contributed by atoms with van der Waals surface area (Å²) >= 11 is 3.22. The molecule has 2 aliphatic rings. The van der Waals surface area contributed by atoms with Gasteiger partial charge in [-0.1, -0.05) is 15.9 Å². The third-order valence-electron chi connectivity index (χ3n) is 5.54. The summed E-state index contributed by atoms with van der Waals surface area (Å²) < 4.78 is 0.461. The maximum atomic E-state index is 11.1. The van der Waals surface area contributed by atoms with E-state index in [1.165, 1.54) is 25.1 Å². The number of nitro groups is 1. The number of benzene rings is 1. The monoisotopic (exact) mass is 504 g/mol. The molecule has 0 atom stereocenters. The number of hydrogen-bond donors (Lipinski definition) is 2. The molecule has 0 aliphatic carbocycles. The number of aromatic nitrogens is 3. The maximum Gasteiger partial charge on any atom is 0.312 e. The van der Waals surface area contributed by atoms with Gasteiger partial charge < -0.3 is 14.9 Å². The molecular formula is C20H25BrN8O3. The van der Waals surface area contributed by atoms with Crippen LogP contribution in [0.5, 0.6) is 5.75 Å². The number of nitro benzene ring substituents is 1. The van der Waals surface area contributed by atoms with Gasteiger partial charge in [-0.2, -0.15) is 20.1 Å². The molecule has 32 heavy (non-hydrogen) atoms. The highest BCUT2D eigenvalue weighted by molar-refractivity contribution is 9.10. The number of aromatic hydroxyl groups is 1. The molecule has 0 unspecified atom stereocenters. The van der Waals surface area contributed by atoms with E-state index in [4.69, 9.17) is 4.98 Å². The number of piperidine rings is 2. The Morgan fingerprint density at radius 1 is 1.00 bits per heavy atom. The third kappa shape index (κ3) is 5.23. The summed E-state index contributed by atoms with van der Waals surface area (Å²) in [4.78, 5) is 28.6. The van der Waals surface area contributed by atoms with E-state index in [9.17, 15) is 15.2 Å². The molecule has 0 spiro atoms. The lowest BCUT2D eigenvalue weighted by Crippen LogP contribution is -2.34. The van der Waals surface area contributed by atoms with Crippen LogP contribution in [-0.4, -0.2) is 57.4 Å². The molecule has 0 saturated carbocycles. The number of phenolic OH excluding ortho intramolecular Hbond substituents is 1. The van der Waals surface area contributed by atoms with Gasteiger partial charge in [0.25, 0.3) is 0 Å². The average molecular weight is 505 g/mol. The SMILES string of the molecule is O=[N+]([O-])c1cc(Br)cc(/C=N\Nc2nc(N3CCCCC3)nc(N3CCCCC3)n2)c1O. The Morgan fingerprint density at radius 3 is 2.09 bits per heavy atom. The molecule has 0 bridgehead atoms. The quantitative estimate of drug-likeness (QED) is 0.343. The molecule has 1 aromatic carbocycles. The van der Waals surface area contributed by atoms with Crippen LogP contribution < -0.4 is 15.2 Å². The van der Waals surface area contributed by atoms with Crippen LogP contribution in [0.3, 0.4) is 0 Å². The first kappa shape index (κ1) is 22.2. The topological polar surface area (TPSA) is 133 Å². The largest absolute Gasteiger partial charge is 0.502 e. The van der Waals surface area contributed by atoms with Crippen LogP contribution in [0.2, 0.25) is 0 Å². The summed E-state index contributed by atoms with van der Waals surface area (Å²) in [6.07, 6.45) is 8.13. The van der Waals surface area contributed by atoms with E-state index in [-0.39, 0.29) is 5.56 Å². The molecule has 2 aromatic rings. The maximum absolute atomic E-state index is 11.1. The van der Waals surface area contributed by atoms with Crippen LogP contribution in [0.25, 0.3) is 0 Å². The van der Waals surface area contributed by atoms with Crippen molar-refractivity contribution < 1.29 is 10.0 Å². The van der Waals surface area contributed by atoms with Crippen molar-refractivity contribution in [2.75, 3.05) is 41.4 Å². The first-order valence-electron chi connectivity index (χ1n) is 10.7. The van der Waals surface area contributed by atoms with Gasteiger partial charge in [-0.25, -0.2) is 5.43 Å². The van der Waals surface area contributed by atoms with Crippen LogP contribution >= 0.6 is 15.9 Å². The second-order valence-corrected chi connectivity index (χ2v) is 8.76.